The van der Waals surface area contributed by atoms with Crippen molar-refractivity contribution >= 4 is 61.9 Å². The molecule has 0 bridgehead atoms. The number of nitrogens with zero attached hydrogens (tertiary/aromatic N) is 2. The van der Waals surface area contributed by atoms with Gasteiger partial charge in [0.25, 0.3) is 5.91 Å². The zero-order valence-electron chi connectivity index (χ0n) is 14.9. The predicted molar refractivity (Wildman–Crippen MR) is 119 cm³/mol. The van der Waals surface area contributed by atoms with Crippen LogP contribution in [0.2, 0.25) is 5.02 Å². The number of nitrogens with two attached hydrogens (primary N) is 2. The van der Waals surface area contributed by atoms with Crippen LogP contribution in [0, 0.1) is 11.3 Å². The largest absolute Gasteiger partial charge is 0.397 e. The van der Waals surface area contributed by atoms with Gasteiger partial charge < -0.3 is 16.8 Å². The van der Waals surface area contributed by atoms with Crippen LogP contribution in [-0.4, -0.2) is 10.9 Å². The maximum Gasteiger partial charge on any atom is 0.263 e. The van der Waals surface area contributed by atoms with E-state index in [0.29, 0.717) is 25.7 Å². The highest BCUT2D eigenvalue weighted by Gasteiger charge is 2.24. The van der Waals surface area contributed by atoms with Gasteiger partial charge in [-0.1, -0.05) is 29.8 Å². The number of hydrogen-bond donors (Lipinski definition) is 3. The van der Waals surface area contributed by atoms with Gasteiger partial charge in [-0.3, -0.25) is 4.79 Å². The number of carbonyl (C=O) groups is 1. The van der Waals surface area contributed by atoms with E-state index in [1.165, 1.54) is 11.3 Å². The minimum atomic E-state index is -0.334. The lowest BCUT2D eigenvalue weighted by Crippen LogP contribution is -2.22. The summed E-state index contributed by atoms with van der Waals surface area (Å²) in [6.45, 7) is 0.266. The summed E-state index contributed by atoms with van der Waals surface area (Å²) in [5.41, 5.74) is 15.1. The van der Waals surface area contributed by atoms with Gasteiger partial charge in [-0.15, -0.1) is 11.3 Å². The first kappa shape index (κ1) is 19.2. The summed E-state index contributed by atoms with van der Waals surface area (Å²) in [6.07, 6.45) is 0. The van der Waals surface area contributed by atoms with Crippen LogP contribution in [-0.2, 0) is 6.54 Å². The molecule has 1 aromatic carbocycles. The highest BCUT2D eigenvalue weighted by Crippen LogP contribution is 2.43. The van der Waals surface area contributed by atoms with Crippen LogP contribution in [0.3, 0.4) is 0 Å². The molecule has 0 saturated carbocycles. The number of aromatic nitrogens is 1. The number of hydrogen-bond acceptors (Lipinski definition) is 7. The standard InChI is InChI=1S/C20H14ClN5OS2/c21-13-4-2-1-3-10(13)8-25-19(27)17-16(23)15-14(11-5-6-28-9-11)12(7-22)18(24)26-20(15)29-17/h1-6,9H,8,23H2,(H2,24,26)(H,25,27). The molecule has 0 aliphatic rings. The van der Waals surface area contributed by atoms with Crippen LogP contribution in [0.1, 0.15) is 20.8 Å². The SMILES string of the molecule is N#Cc1c(N)nc2sc(C(=O)NCc3ccccc3Cl)c(N)c2c1-c1ccsc1. The third kappa shape index (κ3) is 3.40. The summed E-state index contributed by atoms with van der Waals surface area (Å²) in [6, 6.07) is 11.3. The number of amides is 1. The molecule has 0 spiro atoms. The molecular formula is C20H14ClN5OS2. The summed E-state index contributed by atoms with van der Waals surface area (Å²) < 4.78 is 0. The number of nitrogen functional groups attached to an aromatic ring is 2. The monoisotopic (exact) mass is 439 g/mol. The van der Waals surface area contributed by atoms with E-state index >= 15 is 0 Å². The average molecular weight is 440 g/mol. The number of fused-ring (bicyclic) bond motifs is 1. The van der Waals surface area contributed by atoms with Crippen LogP contribution < -0.4 is 16.8 Å². The van der Waals surface area contributed by atoms with E-state index in [-0.39, 0.29) is 29.5 Å². The first-order valence-electron chi connectivity index (χ1n) is 8.47. The molecule has 0 radical (unpaired) electrons. The Bertz CT molecular complexity index is 1270. The molecule has 0 atom stereocenters. The molecular weight excluding hydrogens is 426 g/mol. The number of anilines is 2. The van der Waals surface area contributed by atoms with Gasteiger partial charge in [-0.05, 0) is 34.0 Å². The van der Waals surface area contributed by atoms with Crippen molar-refractivity contribution in [2.24, 2.45) is 0 Å². The van der Waals surface area contributed by atoms with E-state index in [2.05, 4.69) is 16.4 Å². The average Bonchev–Trinajstić information content (AvgIpc) is 3.34. The van der Waals surface area contributed by atoms with Gasteiger partial charge in [0.05, 0.1) is 5.69 Å². The molecule has 144 valence electrons. The molecule has 0 aliphatic carbocycles. The zero-order chi connectivity index (χ0) is 20.5. The van der Waals surface area contributed by atoms with Gasteiger partial charge in [0.1, 0.15) is 27.2 Å². The van der Waals surface area contributed by atoms with Crippen molar-refractivity contribution < 1.29 is 4.79 Å². The van der Waals surface area contributed by atoms with E-state index in [1.54, 1.807) is 6.07 Å². The van der Waals surface area contributed by atoms with E-state index in [0.717, 1.165) is 22.5 Å². The second-order valence-corrected chi connectivity index (χ2v) is 8.36. The van der Waals surface area contributed by atoms with Crippen LogP contribution >= 0.6 is 34.3 Å². The van der Waals surface area contributed by atoms with Gasteiger partial charge in [-0.25, -0.2) is 4.98 Å². The van der Waals surface area contributed by atoms with E-state index < -0.39 is 0 Å². The fourth-order valence-corrected chi connectivity index (χ4v) is 4.92. The molecule has 4 aromatic rings. The maximum atomic E-state index is 12.8. The van der Waals surface area contributed by atoms with E-state index in [4.69, 9.17) is 23.1 Å². The van der Waals surface area contributed by atoms with Crippen molar-refractivity contribution in [2.75, 3.05) is 11.5 Å². The van der Waals surface area contributed by atoms with Gasteiger partial charge in [0.15, 0.2) is 0 Å². The zero-order valence-corrected chi connectivity index (χ0v) is 17.3. The number of thiophene rings is 2. The molecule has 9 heteroatoms. The quantitative estimate of drug-likeness (QED) is 0.428. The lowest BCUT2D eigenvalue weighted by molar-refractivity contribution is 0.0956. The Morgan fingerprint density at radius 1 is 1.28 bits per heavy atom. The number of nitriles is 1. The van der Waals surface area contributed by atoms with Gasteiger partial charge in [0.2, 0.25) is 0 Å². The fourth-order valence-electron chi connectivity index (χ4n) is 3.04. The molecule has 4 rings (SSSR count). The summed E-state index contributed by atoms with van der Waals surface area (Å²) in [7, 11) is 0. The number of carbonyl (C=O) groups excluding carboxylic acids is 1. The van der Waals surface area contributed by atoms with Crippen molar-refractivity contribution in [3.63, 3.8) is 0 Å². The summed E-state index contributed by atoms with van der Waals surface area (Å²) in [4.78, 5) is 18.0. The third-order valence-electron chi connectivity index (χ3n) is 4.43. The highest BCUT2D eigenvalue weighted by molar-refractivity contribution is 7.21. The second-order valence-electron chi connectivity index (χ2n) is 6.17. The molecule has 0 saturated heterocycles. The Kier molecular flexibility index (Phi) is 5.11. The Balaban J connectivity index is 1.78. The lowest BCUT2D eigenvalue weighted by atomic mass is 9.99. The van der Waals surface area contributed by atoms with Crippen LogP contribution in [0.15, 0.2) is 41.1 Å². The molecule has 0 aliphatic heterocycles. The Morgan fingerprint density at radius 3 is 2.76 bits per heavy atom. The first-order valence-corrected chi connectivity index (χ1v) is 10.6. The highest BCUT2D eigenvalue weighted by atomic mass is 35.5. The molecule has 3 heterocycles. The smallest absolute Gasteiger partial charge is 0.263 e. The minimum absolute atomic E-state index is 0.116. The van der Waals surface area contributed by atoms with Crippen LogP contribution in [0.4, 0.5) is 11.5 Å². The third-order valence-corrected chi connectivity index (χ3v) is 6.58. The van der Waals surface area contributed by atoms with Crippen molar-refractivity contribution in [3.05, 3.63) is 62.1 Å². The van der Waals surface area contributed by atoms with E-state index in [1.807, 2.05) is 35.0 Å². The Labute approximate surface area is 179 Å². The topological polar surface area (TPSA) is 118 Å². The normalized spacial score (nSPS) is 10.8. The van der Waals surface area contributed by atoms with Crippen LogP contribution in [0.25, 0.3) is 21.3 Å². The predicted octanol–water partition coefficient (Wildman–Crippen LogP) is 4.64. The molecule has 0 fully saturated rings. The molecule has 1 amide bonds. The summed E-state index contributed by atoms with van der Waals surface area (Å²) in [5, 5.41) is 17.4. The van der Waals surface area contributed by atoms with Gasteiger partial charge >= 0.3 is 0 Å². The van der Waals surface area contributed by atoms with Crippen molar-refractivity contribution in [2.45, 2.75) is 6.54 Å². The second kappa shape index (κ2) is 7.72. The number of nitrogens with one attached hydrogen (secondary N) is 1. The number of rotatable bonds is 4. The number of benzene rings is 1. The van der Waals surface area contributed by atoms with Crippen molar-refractivity contribution in [3.8, 4) is 17.2 Å². The lowest BCUT2D eigenvalue weighted by Gasteiger charge is -2.08. The Morgan fingerprint density at radius 2 is 2.07 bits per heavy atom. The molecule has 6 nitrogen and oxygen atoms in total. The van der Waals surface area contributed by atoms with Crippen molar-refractivity contribution in [1.82, 2.24) is 10.3 Å². The first-order chi connectivity index (χ1) is 14.0. The summed E-state index contributed by atoms with van der Waals surface area (Å²) >= 11 is 8.79. The Hall–Kier alpha value is -3.12. The van der Waals surface area contributed by atoms with Gasteiger partial charge in [-0.2, -0.15) is 16.6 Å². The van der Waals surface area contributed by atoms with Crippen molar-refractivity contribution in [1.29, 1.82) is 5.26 Å². The molecule has 29 heavy (non-hydrogen) atoms. The minimum Gasteiger partial charge on any atom is -0.397 e. The van der Waals surface area contributed by atoms with E-state index in [9.17, 15) is 10.1 Å². The van der Waals surface area contributed by atoms with Crippen LogP contribution in [0.5, 0.6) is 0 Å². The summed E-state index contributed by atoms with van der Waals surface area (Å²) in [5.74, 6) is -0.218. The molecule has 0 unspecified atom stereocenters. The molecule has 5 N–H and O–H groups in total. The molecule has 3 aromatic heterocycles. The number of halogens is 1. The fraction of sp³-hybridized carbons (Fsp3) is 0.0500. The number of pyridine rings is 1. The maximum absolute atomic E-state index is 12.8. The van der Waals surface area contributed by atoms with Gasteiger partial charge in [0, 0.05) is 22.5 Å².